The molecule has 5 heteroatoms. The number of oxazole rings is 1. The summed E-state index contributed by atoms with van der Waals surface area (Å²) in [5.41, 5.74) is 3.50. The molecule has 0 amide bonds. The zero-order chi connectivity index (χ0) is 14.9. The van der Waals surface area contributed by atoms with E-state index in [9.17, 15) is 4.39 Å². The number of benzene rings is 2. The van der Waals surface area contributed by atoms with Crippen molar-refractivity contribution in [2.45, 2.75) is 0 Å². The molecule has 3 aromatic rings. The van der Waals surface area contributed by atoms with Gasteiger partial charge in [0.05, 0.1) is 5.69 Å². The highest BCUT2D eigenvalue weighted by Crippen LogP contribution is 2.31. The summed E-state index contributed by atoms with van der Waals surface area (Å²) in [4.78, 5) is 6.95. The van der Waals surface area contributed by atoms with E-state index in [0.29, 0.717) is 5.89 Å². The number of para-hydroxylation sites is 1. The Balaban J connectivity index is 1.78. The lowest BCUT2D eigenvalue weighted by Crippen LogP contribution is -2.43. The van der Waals surface area contributed by atoms with E-state index in [4.69, 9.17) is 4.42 Å². The molecule has 22 heavy (non-hydrogen) atoms. The molecule has 1 aliphatic heterocycles. The van der Waals surface area contributed by atoms with Gasteiger partial charge in [-0.15, -0.1) is 0 Å². The number of anilines is 1. The van der Waals surface area contributed by atoms with Crippen LogP contribution in [0.1, 0.15) is 0 Å². The fourth-order valence-corrected chi connectivity index (χ4v) is 2.81. The molecule has 1 aliphatic rings. The molecule has 2 aromatic carbocycles. The second kappa shape index (κ2) is 5.42. The van der Waals surface area contributed by atoms with Crippen molar-refractivity contribution in [2.24, 2.45) is 0 Å². The minimum Gasteiger partial charge on any atom is -0.436 e. The minimum atomic E-state index is -0.263. The van der Waals surface area contributed by atoms with Crippen molar-refractivity contribution in [3.8, 4) is 11.5 Å². The van der Waals surface area contributed by atoms with Crippen LogP contribution >= 0.6 is 0 Å². The first-order valence-corrected chi connectivity index (χ1v) is 7.42. The fraction of sp³-hybridized carbons (Fsp3) is 0.235. The molecule has 0 saturated carbocycles. The maximum absolute atomic E-state index is 13.1. The lowest BCUT2D eigenvalue weighted by molar-refractivity contribution is 0.590. The molecular formula is C17H16FN3O. The zero-order valence-corrected chi connectivity index (χ0v) is 12.1. The average molecular weight is 297 g/mol. The van der Waals surface area contributed by atoms with Gasteiger partial charge in [-0.2, -0.15) is 0 Å². The topological polar surface area (TPSA) is 41.3 Å². The van der Waals surface area contributed by atoms with Gasteiger partial charge in [0.15, 0.2) is 5.58 Å². The highest BCUT2D eigenvalue weighted by atomic mass is 19.1. The second-order valence-corrected chi connectivity index (χ2v) is 5.39. The summed E-state index contributed by atoms with van der Waals surface area (Å²) in [6, 6.07) is 12.2. The van der Waals surface area contributed by atoms with Gasteiger partial charge in [0.1, 0.15) is 11.3 Å². The molecule has 0 radical (unpaired) electrons. The second-order valence-electron chi connectivity index (χ2n) is 5.39. The molecule has 0 unspecified atom stereocenters. The number of aromatic nitrogens is 1. The number of fused-ring (bicyclic) bond motifs is 1. The van der Waals surface area contributed by atoms with Crippen molar-refractivity contribution in [3.05, 3.63) is 48.3 Å². The molecule has 0 spiro atoms. The summed E-state index contributed by atoms with van der Waals surface area (Å²) < 4.78 is 18.9. The van der Waals surface area contributed by atoms with Crippen LogP contribution in [-0.2, 0) is 0 Å². The molecule has 0 bridgehead atoms. The van der Waals surface area contributed by atoms with Crippen LogP contribution < -0.4 is 10.2 Å². The number of halogens is 1. The smallest absolute Gasteiger partial charge is 0.227 e. The Morgan fingerprint density at radius 1 is 1.05 bits per heavy atom. The third-order valence-corrected chi connectivity index (χ3v) is 3.95. The summed E-state index contributed by atoms with van der Waals surface area (Å²) in [7, 11) is 0. The SMILES string of the molecule is Fc1ccc(-c2nc3c(N4CCNCC4)cccc3o2)cc1. The van der Waals surface area contributed by atoms with Crippen molar-refractivity contribution >= 4 is 16.8 Å². The number of hydrogen-bond acceptors (Lipinski definition) is 4. The van der Waals surface area contributed by atoms with Crippen LogP contribution in [0, 0.1) is 5.82 Å². The van der Waals surface area contributed by atoms with Gasteiger partial charge >= 0.3 is 0 Å². The third-order valence-electron chi connectivity index (χ3n) is 3.95. The third kappa shape index (κ3) is 2.33. The largest absolute Gasteiger partial charge is 0.436 e. The molecule has 1 N–H and O–H groups in total. The normalized spacial score (nSPS) is 15.4. The molecule has 2 heterocycles. The van der Waals surface area contributed by atoms with Gasteiger partial charge in [0.25, 0.3) is 0 Å². The van der Waals surface area contributed by atoms with E-state index in [2.05, 4.69) is 21.3 Å². The van der Waals surface area contributed by atoms with E-state index in [0.717, 1.165) is 48.5 Å². The molecular weight excluding hydrogens is 281 g/mol. The lowest BCUT2D eigenvalue weighted by Gasteiger charge is -2.29. The Kier molecular flexibility index (Phi) is 3.27. The molecule has 4 nitrogen and oxygen atoms in total. The number of nitrogens with zero attached hydrogens (tertiary/aromatic N) is 2. The first-order valence-electron chi connectivity index (χ1n) is 7.42. The van der Waals surface area contributed by atoms with Crippen LogP contribution in [0.2, 0.25) is 0 Å². The average Bonchev–Trinajstić information content (AvgIpc) is 3.00. The monoisotopic (exact) mass is 297 g/mol. The van der Waals surface area contributed by atoms with Crippen LogP contribution in [0.15, 0.2) is 46.9 Å². The van der Waals surface area contributed by atoms with E-state index in [1.165, 1.54) is 12.1 Å². The van der Waals surface area contributed by atoms with Gasteiger partial charge in [-0.3, -0.25) is 0 Å². The summed E-state index contributed by atoms with van der Waals surface area (Å²) in [5, 5.41) is 3.35. The summed E-state index contributed by atoms with van der Waals surface area (Å²) in [5.74, 6) is 0.263. The van der Waals surface area contributed by atoms with E-state index in [-0.39, 0.29) is 5.82 Å². The summed E-state index contributed by atoms with van der Waals surface area (Å²) in [6.07, 6.45) is 0. The first kappa shape index (κ1) is 13.3. The molecule has 1 saturated heterocycles. The number of rotatable bonds is 2. The van der Waals surface area contributed by atoms with Crippen molar-refractivity contribution < 1.29 is 8.81 Å². The quantitative estimate of drug-likeness (QED) is 0.789. The molecule has 0 aliphatic carbocycles. The Morgan fingerprint density at radius 2 is 1.82 bits per heavy atom. The predicted octanol–water partition coefficient (Wildman–Crippen LogP) is 3.04. The van der Waals surface area contributed by atoms with Gasteiger partial charge in [0, 0.05) is 31.7 Å². The van der Waals surface area contributed by atoms with Crippen molar-refractivity contribution in [1.82, 2.24) is 10.3 Å². The summed E-state index contributed by atoms with van der Waals surface area (Å²) in [6.45, 7) is 3.85. The first-order chi connectivity index (χ1) is 10.8. The van der Waals surface area contributed by atoms with Crippen molar-refractivity contribution in [1.29, 1.82) is 0 Å². The van der Waals surface area contributed by atoms with Crippen LogP contribution in [0.4, 0.5) is 10.1 Å². The van der Waals surface area contributed by atoms with E-state index in [1.807, 2.05) is 12.1 Å². The molecule has 0 atom stereocenters. The van der Waals surface area contributed by atoms with E-state index in [1.54, 1.807) is 12.1 Å². The number of piperazine rings is 1. The van der Waals surface area contributed by atoms with Crippen LogP contribution in [0.25, 0.3) is 22.6 Å². The standard InChI is InChI=1S/C17H16FN3O/c18-13-6-4-12(5-7-13)17-20-16-14(2-1-3-15(16)22-17)21-10-8-19-9-11-21/h1-7,19H,8-11H2. The van der Waals surface area contributed by atoms with Crippen molar-refractivity contribution in [3.63, 3.8) is 0 Å². The van der Waals surface area contributed by atoms with Gasteiger partial charge in [-0.05, 0) is 36.4 Å². The van der Waals surface area contributed by atoms with Gasteiger partial charge in [-0.25, -0.2) is 9.37 Å². The van der Waals surface area contributed by atoms with E-state index >= 15 is 0 Å². The molecule has 4 rings (SSSR count). The summed E-state index contributed by atoms with van der Waals surface area (Å²) >= 11 is 0. The highest BCUT2D eigenvalue weighted by Gasteiger charge is 2.17. The van der Waals surface area contributed by atoms with Crippen LogP contribution in [0.3, 0.4) is 0 Å². The number of hydrogen-bond donors (Lipinski definition) is 1. The highest BCUT2D eigenvalue weighted by molar-refractivity contribution is 5.89. The zero-order valence-electron chi connectivity index (χ0n) is 12.1. The Bertz CT molecular complexity index is 791. The molecule has 1 aromatic heterocycles. The van der Waals surface area contributed by atoms with Crippen molar-refractivity contribution in [2.75, 3.05) is 31.1 Å². The van der Waals surface area contributed by atoms with Crippen LogP contribution in [0.5, 0.6) is 0 Å². The maximum Gasteiger partial charge on any atom is 0.227 e. The Labute approximate surface area is 127 Å². The van der Waals surface area contributed by atoms with Gasteiger partial charge in [0.2, 0.25) is 5.89 Å². The Morgan fingerprint density at radius 3 is 2.59 bits per heavy atom. The van der Waals surface area contributed by atoms with E-state index < -0.39 is 0 Å². The fourth-order valence-electron chi connectivity index (χ4n) is 2.81. The molecule has 1 fully saturated rings. The van der Waals surface area contributed by atoms with Gasteiger partial charge in [-0.1, -0.05) is 6.07 Å². The maximum atomic E-state index is 13.1. The lowest BCUT2D eigenvalue weighted by atomic mass is 10.2. The van der Waals surface area contributed by atoms with Crippen LogP contribution in [-0.4, -0.2) is 31.2 Å². The van der Waals surface area contributed by atoms with Gasteiger partial charge < -0.3 is 14.6 Å². The predicted molar refractivity (Wildman–Crippen MR) is 84.5 cm³/mol. The number of nitrogens with one attached hydrogen (secondary N) is 1. The molecule has 112 valence electrons. The Hall–Kier alpha value is -2.40. The minimum absolute atomic E-state index is 0.263.